The van der Waals surface area contributed by atoms with Gasteiger partial charge in [0.25, 0.3) is 0 Å². The van der Waals surface area contributed by atoms with Crippen molar-refractivity contribution in [2.45, 2.75) is 11.3 Å². The van der Waals surface area contributed by atoms with Gasteiger partial charge in [0.1, 0.15) is 5.76 Å². The summed E-state index contributed by atoms with van der Waals surface area (Å²) in [7, 11) is 0. The molecule has 24 heavy (non-hydrogen) atoms. The lowest BCUT2D eigenvalue weighted by Gasteiger charge is -2.38. The van der Waals surface area contributed by atoms with Gasteiger partial charge in [0.15, 0.2) is 5.82 Å². The van der Waals surface area contributed by atoms with Crippen LogP contribution >= 0.6 is 39.5 Å². The van der Waals surface area contributed by atoms with E-state index in [0.717, 1.165) is 10.2 Å². The molecule has 2 fully saturated rings. The molecule has 0 aliphatic carbocycles. The number of nitrogens with zero attached hydrogens (tertiary/aromatic N) is 3. The highest BCUT2D eigenvalue weighted by atomic mass is 79.9. The molecule has 4 rings (SSSR count). The number of hydrogen-bond donors (Lipinski definition) is 0. The Labute approximate surface area is 155 Å². The van der Waals surface area contributed by atoms with Crippen molar-refractivity contribution >= 4 is 62.8 Å². The van der Waals surface area contributed by atoms with Crippen molar-refractivity contribution in [1.82, 2.24) is 5.16 Å². The topological polar surface area (TPSA) is 66.7 Å². The smallest absolute Gasteiger partial charge is 0.241 e. The predicted octanol–water partition coefficient (Wildman–Crippen LogP) is 3.22. The molecule has 3 heterocycles. The van der Waals surface area contributed by atoms with Crippen molar-refractivity contribution in [1.29, 1.82) is 0 Å². The van der Waals surface area contributed by atoms with Crippen LogP contribution in [0.4, 0.5) is 11.5 Å². The van der Waals surface area contributed by atoms with Gasteiger partial charge in [-0.15, -0.1) is 0 Å². The van der Waals surface area contributed by atoms with E-state index in [1.54, 1.807) is 22.8 Å². The van der Waals surface area contributed by atoms with Gasteiger partial charge in [-0.3, -0.25) is 14.5 Å². The van der Waals surface area contributed by atoms with E-state index in [4.69, 9.17) is 4.52 Å². The molecule has 2 aromatic rings. The maximum atomic E-state index is 12.6. The van der Waals surface area contributed by atoms with Gasteiger partial charge in [-0.1, -0.05) is 44.6 Å². The van der Waals surface area contributed by atoms with Crippen molar-refractivity contribution < 1.29 is 14.1 Å². The Hall–Kier alpha value is -1.45. The van der Waals surface area contributed by atoms with Crippen molar-refractivity contribution in [2.24, 2.45) is 0 Å². The third kappa shape index (κ3) is 2.37. The van der Waals surface area contributed by atoms with Gasteiger partial charge in [0.05, 0.1) is 11.5 Å². The number of halogens is 1. The molecule has 2 saturated heterocycles. The Morgan fingerprint density at radius 3 is 2.33 bits per heavy atom. The summed E-state index contributed by atoms with van der Waals surface area (Å²) in [5, 5.41) is 3.99. The zero-order valence-electron chi connectivity index (χ0n) is 12.6. The summed E-state index contributed by atoms with van der Waals surface area (Å²) in [5.74, 6) is 1.54. The lowest BCUT2D eigenvalue weighted by atomic mass is 10.3. The maximum absolute atomic E-state index is 12.6. The summed E-state index contributed by atoms with van der Waals surface area (Å²) in [5.41, 5.74) is 0.751. The van der Waals surface area contributed by atoms with E-state index in [0.29, 0.717) is 23.1 Å². The number of amides is 2. The molecule has 1 unspecified atom stereocenters. The average molecular weight is 426 g/mol. The predicted molar refractivity (Wildman–Crippen MR) is 98.0 cm³/mol. The normalized spacial score (nSPS) is 23.8. The molecule has 0 N–H and O–H groups in total. The minimum absolute atomic E-state index is 0.0326. The first-order valence-electron chi connectivity index (χ1n) is 7.14. The van der Waals surface area contributed by atoms with Crippen LogP contribution in [0.1, 0.15) is 5.76 Å². The highest BCUT2D eigenvalue weighted by molar-refractivity contribution is 9.10. The van der Waals surface area contributed by atoms with Crippen LogP contribution in [0.2, 0.25) is 0 Å². The van der Waals surface area contributed by atoms with Crippen molar-refractivity contribution in [3.63, 3.8) is 0 Å². The van der Waals surface area contributed by atoms with Crippen LogP contribution in [0.5, 0.6) is 0 Å². The second kappa shape index (κ2) is 5.82. The van der Waals surface area contributed by atoms with E-state index >= 15 is 0 Å². The molecule has 0 radical (unpaired) electrons. The van der Waals surface area contributed by atoms with Gasteiger partial charge in [0, 0.05) is 16.2 Å². The van der Waals surface area contributed by atoms with E-state index in [2.05, 4.69) is 21.1 Å². The van der Waals surface area contributed by atoms with Crippen molar-refractivity contribution in [3.8, 4) is 0 Å². The monoisotopic (exact) mass is 425 g/mol. The van der Waals surface area contributed by atoms with E-state index < -0.39 is 4.33 Å². The molecule has 6 nitrogen and oxygen atoms in total. The highest BCUT2D eigenvalue weighted by Gasteiger charge is 2.59. The number of anilines is 2. The summed E-state index contributed by atoms with van der Waals surface area (Å²) in [4.78, 5) is 28.4. The SMILES string of the molecule is Cc1cc(N2C(=O)CSC23SCC(=O)N3c2ccc(Br)cc2)no1. The molecule has 2 aliphatic heterocycles. The molecular weight excluding hydrogens is 414 g/mol. The highest BCUT2D eigenvalue weighted by Crippen LogP contribution is 2.54. The molecule has 1 atom stereocenters. The number of hydrogen-bond acceptors (Lipinski definition) is 6. The number of aromatic nitrogens is 1. The van der Waals surface area contributed by atoms with E-state index in [1.807, 2.05) is 24.3 Å². The van der Waals surface area contributed by atoms with Gasteiger partial charge in [-0.2, -0.15) is 0 Å². The van der Waals surface area contributed by atoms with Gasteiger partial charge in [-0.25, -0.2) is 4.90 Å². The lowest BCUT2D eigenvalue weighted by Crippen LogP contribution is -2.53. The fourth-order valence-corrected chi connectivity index (χ4v) is 5.94. The molecule has 2 aliphatic rings. The summed E-state index contributed by atoms with van der Waals surface area (Å²) in [6.07, 6.45) is 0. The minimum atomic E-state index is -0.856. The summed E-state index contributed by atoms with van der Waals surface area (Å²) < 4.78 is 5.21. The largest absolute Gasteiger partial charge is 0.360 e. The minimum Gasteiger partial charge on any atom is -0.360 e. The fourth-order valence-electron chi connectivity index (χ4n) is 2.78. The molecule has 2 amide bonds. The Morgan fingerprint density at radius 2 is 1.75 bits per heavy atom. The number of rotatable bonds is 2. The van der Waals surface area contributed by atoms with E-state index in [-0.39, 0.29) is 11.8 Å². The fraction of sp³-hybridized carbons (Fsp3) is 0.267. The van der Waals surface area contributed by atoms with Gasteiger partial charge in [-0.05, 0) is 31.2 Å². The molecular formula is C15H12BrN3O3S2. The number of aryl methyl sites for hydroxylation is 1. The Morgan fingerprint density at radius 1 is 1.12 bits per heavy atom. The zero-order chi connectivity index (χ0) is 16.9. The number of benzene rings is 1. The van der Waals surface area contributed by atoms with Crippen LogP contribution < -0.4 is 9.80 Å². The quantitative estimate of drug-likeness (QED) is 0.735. The molecule has 0 bridgehead atoms. The number of thioether (sulfide) groups is 2. The van der Waals surface area contributed by atoms with Crippen LogP contribution in [0.15, 0.2) is 39.3 Å². The summed E-state index contributed by atoms with van der Waals surface area (Å²) in [6.45, 7) is 1.77. The molecule has 0 saturated carbocycles. The van der Waals surface area contributed by atoms with Crippen molar-refractivity contribution in [2.75, 3.05) is 21.3 Å². The second-order valence-electron chi connectivity index (χ2n) is 5.36. The zero-order valence-corrected chi connectivity index (χ0v) is 15.8. The third-order valence-corrected chi connectivity index (χ3v) is 7.26. The first kappa shape index (κ1) is 16.0. The number of carbonyl (C=O) groups excluding carboxylic acids is 2. The average Bonchev–Trinajstić information content (AvgIpc) is 3.21. The molecule has 124 valence electrons. The van der Waals surface area contributed by atoms with E-state index in [1.165, 1.54) is 23.5 Å². The Balaban J connectivity index is 1.82. The van der Waals surface area contributed by atoms with Gasteiger partial charge < -0.3 is 4.52 Å². The van der Waals surface area contributed by atoms with Crippen LogP contribution in [0.3, 0.4) is 0 Å². The van der Waals surface area contributed by atoms with E-state index in [9.17, 15) is 9.59 Å². The van der Waals surface area contributed by atoms with Crippen LogP contribution in [0.25, 0.3) is 0 Å². The van der Waals surface area contributed by atoms with Crippen LogP contribution in [0, 0.1) is 6.92 Å². The van der Waals surface area contributed by atoms with Crippen molar-refractivity contribution in [3.05, 3.63) is 40.6 Å². The number of carbonyl (C=O) groups is 2. The van der Waals surface area contributed by atoms with Crippen LogP contribution in [-0.4, -0.2) is 32.8 Å². The summed E-state index contributed by atoms with van der Waals surface area (Å²) >= 11 is 6.27. The second-order valence-corrected chi connectivity index (χ2v) is 8.82. The Bertz CT molecular complexity index is 822. The molecule has 1 aromatic heterocycles. The first-order chi connectivity index (χ1) is 11.5. The van der Waals surface area contributed by atoms with Gasteiger partial charge >= 0.3 is 0 Å². The standard InChI is InChI=1S/C15H12BrN3O3S2/c1-9-6-12(17-22-9)19-14(21)8-24-15(19)18(13(20)7-23-15)11-4-2-10(16)3-5-11/h2-6H,7-8H2,1H3. The molecule has 9 heteroatoms. The van der Waals surface area contributed by atoms with Crippen LogP contribution in [-0.2, 0) is 9.59 Å². The molecule has 1 aromatic carbocycles. The summed E-state index contributed by atoms with van der Waals surface area (Å²) in [6, 6.07) is 9.21. The lowest BCUT2D eigenvalue weighted by molar-refractivity contribution is -0.116. The first-order valence-corrected chi connectivity index (χ1v) is 9.90. The Kier molecular flexibility index (Phi) is 3.89. The maximum Gasteiger partial charge on any atom is 0.241 e. The molecule has 1 spiro atoms. The third-order valence-electron chi connectivity index (χ3n) is 3.76. The van der Waals surface area contributed by atoms with Gasteiger partial charge in [0.2, 0.25) is 16.1 Å².